The summed E-state index contributed by atoms with van der Waals surface area (Å²) in [4.78, 5) is 12.6. The van der Waals surface area contributed by atoms with Crippen LogP contribution in [0, 0.1) is 0 Å². The second-order valence-electron chi connectivity index (χ2n) is 4.58. The van der Waals surface area contributed by atoms with Gasteiger partial charge in [0.1, 0.15) is 0 Å². The van der Waals surface area contributed by atoms with Crippen molar-refractivity contribution in [2.75, 3.05) is 6.61 Å². The van der Waals surface area contributed by atoms with Crippen LogP contribution in [0.2, 0.25) is 0 Å². The molecule has 1 saturated heterocycles. The van der Waals surface area contributed by atoms with Gasteiger partial charge in [0.05, 0.1) is 0 Å². The molecule has 0 radical (unpaired) electrons. The maximum atomic E-state index is 11.0. The second kappa shape index (κ2) is 5.40. The Hall–Kier alpha value is -0.631. The molecule has 0 bridgehead atoms. The number of carboxylic acids is 1. The van der Waals surface area contributed by atoms with Gasteiger partial charge in [0.2, 0.25) is 0 Å². The maximum absolute atomic E-state index is 11.0. The van der Waals surface area contributed by atoms with Crippen molar-refractivity contribution < 1.29 is 30.0 Å². The molecule has 2 aliphatic heterocycles. The van der Waals surface area contributed by atoms with Crippen LogP contribution in [0.15, 0.2) is 10.7 Å². The Balaban J connectivity index is 2.18. The number of hydrogen-bond acceptors (Lipinski definition) is 6. The Morgan fingerprint density at radius 1 is 1.53 bits per heavy atom. The predicted molar refractivity (Wildman–Crippen MR) is 65.4 cm³/mol. The third-order valence-electron chi connectivity index (χ3n) is 3.49. The summed E-state index contributed by atoms with van der Waals surface area (Å²) in [6, 6.07) is 0. The van der Waals surface area contributed by atoms with Gasteiger partial charge in [-0.15, -0.1) is 0 Å². The predicted octanol–water partition coefficient (Wildman–Crippen LogP) is -2.19. The Bertz CT molecular complexity index is 403. The van der Waals surface area contributed by atoms with Gasteiger partial charge < -0.3 is 0 Å². The summed E-state index contributed by atoms with van der Waals surface area (Å²) in [5.41, 5.74) is 0.0968. The number of hydrogen-bond donors (Lipinski definition) is 5. The van der Waals surface area contributed by atoms with E-state index in [-0.39, 0.29) is 27.3 Å². The Labute approximate surface area is 116 Å². The topological polar surface area (TPSA) is 119 Å². The van der Waals surface area contributed by atoms with E-state index >= 15 is 0 Å². The Kier molecular flexibility index (Phi) is 4.20. The molecule has 1 fully saturated rings. The van der Waals surface area contributed by atoms with E-state index in [9.17, 15) is 15.0 Å². The number of rotatable bonds is 4. The van der Waals surface area contributed by atoms with Gasteiger partial charge in [-0.2, -0.15) is 0 Å². The molecule has 5 N–H and O–H groups in total. The van der Waals surface area contributed by atoms with Crippen molar-refractivity contribution in [2.24, 2.45) is 0 Å². The van der Waals surface area contributed by atoms with E-state index < -0.39 is 34.8 Å². The molecule has 2 rings (SSSR count). The van der Waals surface area contributed by atoms with Crippen LogP contribution in [0.3, 0.4) is 0 Å². The fourth-order valence-electron chi connectivity index (χ4n) is 2.35. The first-order valence-electron chi connectivity index (χ1n) is 5.97. The number of carbonyl (C=O) groups is 1. The summed E-state index contributed by atoms with van der Waals surface area (Å²) in [6.07, 6.45) is -3.34. The monoisotopic (exact) mass is 339 g/mol. The zero-order valence-electron chi connectivity index (χ0n) is 10.3. The van der Waals surface area contributed by atoms with Crippen molar-refractivity contribution in [3.05, 3.63) is 10.7 Å². The first-order chi connectivity index (χ1) is 8.95. The molecule has 108 valence electrons. The van der Waals surface area contributed by atoms with Crippen molar-refractivity contribution in [1.29, 1.82) is 0 Å². The molecular formula is C11H17NO6Se. The summed E-state index contributed by atoms with van der Waals surface area (Å²) in [6.45, 7) is 1.48. The summed E-state index contributed by atoms with van der Waals surface area (Å²) >= 11 is -0.231. The second-order valence-corrected chi connectivity index (χ2v) is 7.10. The van der Waals surface area contributed by atoms with Crippen LogP contribution < -0.4 is 5.32 Å². The van der Waals surface area contributed by atoms with Crippen LogP contribution >= 0.6 is 0 Å². The molecule has 7 nitrogen and oxygen atoms in total. The van der Waals surface area contributed by atoms with Gasteiger partial charge in [-0.3, -0.25) is 0 Å². The van der Waals surface area contributed by atoms with Gasteiger partial charge in [-0.25, -0.2) is 0 Å². The van der Waals surface area contributed by atoms with Crippen molar-refractivity contribution in [2.45, 2.75) is 42.2 Å². The molecule has 0 saturated carbocycles. The normalized spacial score (nSPS) is 42.0. The molecule has 0 aliphatic carbocycles. The molecule has 0 aromatic carbocycles. The molecule has 0 amide bonds. The summed E-state index contributed by atoms with van der Waals surface area (Å²) in [7, 11) is 0. The number of aliphatic carboxylic acids is 1. The number of aliphatic hydroxyl groups is 3. The number of carboxylic acid groups (broad SMARTS) is 1. The molecule has 2 aliphatic rings. The van der Waals surface area contributed by atoms with Gasteiger partial charge in [-0.05, 0) is 0 Å². The minimum absolute atomic E-state index is 0.0968. The standard InChI is InChI=1S/C11H17NO6Se/c1-2-11(12-5(4-19-11)10(16)17)9-8(15)7(14)6(3-13)18-9/h4,6-9,12-15H,2-3H2,1H3,(H,16,17)/t6-,7-,8-,9-,11?/m1/s1. The van der Waals surface area contributed by atoms with Crippen molar-refractivity contribution in [3.63, 3.8) is 0 Å². The van der Waals surface area contributed by atoms with Gasteiger partial charge in [-0.1, -0.05) is 0 Å². The number of aliphatic hydroxyl groups excluding tert-OH is 3. The third kappa shape index (κ3) is 2.40. The van der Waals surface area contributed by atoms with E-state index in [4.69, 9.17) is 14.9 Å². The van der Waals surface area contributed by atoms with Gasteiger partial charge in [0.25, 0.3) is 0 Å². The fraction of sp³-hybridized carbons (Fsp3) is 0.727. The fourth-order valence-corrected chi connectivity index (χ4v) is 4.77. The molecule has 0 aromatic heterocycles. The third-order valence-corrected chi connectivity index (χ3v) is 6.42. The molecule has 0 spiro atoms. The number of nitrogens with one attached hydrogen (secondary N) is 1. The Morgan fingerprint density at radius 2 is 2.21 bits per heavy atom. The van der Waals surface area contributed by atoms with E-state index in [1.807, 2.05) is 6.92 Å². The molecular weight excluding hydrogens is 321 g/mol. The molecule has 5 atom stereocenters. The van der Waals surface area contributed by atoms with E-state index in [0.717, 1.165) is 0 Å². The zero-order chi connectivity index (χ0) is 14.2. The van der Waals surface area contributed by atoms with Crippen molar-refractivity contribution in [1.82, 2.24) is 5.32 Å². The molecule has 2 heterocycles. The number of ether oxygens (including phenoxy) is 1. The van der Waals surface area contributed by atoms with Crippen LogP contribution in [0.25, 0.3) is 0 Å². The first kappa shape index (κ1) is 14.8. The van der Waals surface area contributed by atoms with Crippen LogP contribution in [-0.2, 0) is 9.53 Å². The van der Waals surface area contributed by atoms with E-state index in [0.29, 0.717) is 6.42 Å². The van der Waals surface area contributed by atoms with Gasteiger partial charge >= 0.3 is 116 Å². The minimum atomic E-state index is -1.16. The molecule has 0 aromatic rings. The van der Waals surface area contributed by atoms with E-state index in [1.54, 1.807) is 4.97 Å². The van der Waals surface area contributed by atoms with E-state index in [2.05, 4.69) is 5.32 Å². The van der Waals surface area contributed by atoms with Crippen LogP contribution in [0.5, 0.6) is 0 Å². The van der Waals surface area contributed by atoms with Crippen LogP contribution in [0.4, 0.5) is 0 Å². The summed E-state index contributed by atoms with van der Waals surface area (Å²) in [5.74, 6) is -1.05. The average molecular weight is 338 g/mol. The van der Waals surface area contributed by atoms with Crippen LogP contribution in [0.1, 0.15) is 13.3 Å². The van der Waals surface area contributed by atoms with Gasteiger partial charge in [0, 0.05) is 0 Å². The summed E-state index contributed by atoms with van der Waals surface area (Å²) < 4.78 is 4.81. The molecule has 19 heavy (non-hydrogen) atoms. The average Bonchev–Trinajstić information content (AvgIpc) is 2.95. The summed E-state index contributed by atoms with van der Waals surface area (Å²) in [5, 5.41) is 40.8. The zero-order valence-corrected chi connectivity index (χ0v) is 12.0. The quantitative estimate of drug-likeness (QED) is 0.369. The van der Waals surface area contributed by atoms with Gasteiger partial charge in [0.15, 0.2) is 0 Å². The van der Waals surface area contributed by atoms with E-state index in [1.165, 1.54) is 0 Å². The Morgan fingerprint density at radius 3 is 2.63 bits per heavy atom. The van der Waals surface area contributed by atoms with Crippen molar-refractivity contribution >= 4 is 20.9 Å². The molecule has 8 heteroatoms. The first-order valence-corrected chi connectivity index (χ1v) is 7.81. The van der Waals surface area contributed by atoms with Crippen molar-refractivity contribution in [3.8, 4) is 0 Å². The van der Waals surface area contributed by atoms with Crippen LogP contribution in [-0.4, -0.2) is 76.8 Å². The molecule has 1 unspecified atom stereocenters. The SMILES string of the molecule is CCC1([C@@H]2O[C@H](CO)[C@@H](O)[C@H]2O)NC(C(=O)O)=C[Se]1.